The fourth-order valence-electron chi connectivity index (χ4n) is 1.80. The van der Waals surface area contributed by atoms with Gasteiger partial charge in [0.25, 0.3) is 0 Å². The fourth-order valence-corrected chi connectivity index (χ4v) is 2.39. The molecule has 1 aromatic heterocycles. The zero-order chi connectivity index (χ0) is 10.7. The third-order valence-corrected chi connectivity index (χ3v) is 3.35. The van der Waals surface area contributed by atoms with Crippen molar-refractivity contribution < 1.29 is 4.79 Å². The van der Waals surface area contributed by atoms with E-state index >= 15 is 0 Å². The molecule has 2 N–H and O–H groups in total. The predicted molar refractivity (Wildman–Crippen MR) is 60.7 cm³/mol. The Kier molecular flexibility index (Phi) is 3.20. The Bertz CT molecular complexity index is 344. The largest absolute Gasteiger partial charge is 0.375 e. The Labute approximate surface area is 93.1 Å². The third-order valence-electron chi connectivity index (χ3n) is 2.62. The minimum absolute atomic E-state index is 0.249. The van der Waals surface area contributed by atoms with Crippen LogP contribution in [0.25, 0.3) is 0 Å². The first-order valence-electron chi connectivity index (χ1n) is 5.23. The molecule has 5 heteroatoms. The molecule has 0 bridgehead atoms. The first-order valence-corrected chi connectivity index (χ1v) is 6.11. The van der Waals surface area contributed by atoms with Crippen molar-refractivity contribution in [3.63, 3.8) is 0 Å². The number of nitrogens with zero attached hydrogens (tertiary/aromatic N) is 2. The second-order valence-corrected chi connectivity index (χ2v) is 4.65. The summed E-state index contributed by atoms with van der Waals surface area (Å²) >= 11 is 1.43. The van der Waals surface area contributed by atoms with Crippen LogP contribution >= 0.6 is 11.3 Å². The van der Waals surface area contributed by atoms with E-state index in [1.807, 2.05) is 10.3 Å². The number of nitrogen functional groups attached to an aromatic ring is 1. The number of anilines is 1. The molecular formula is C10H15N3OS. The van der Waals surface area contributed by atoms with E-state index in [4.69, 9.17) is 5.73 Å². The van der Waals surface area contributed by atoms with Crippen LogP contribution in [-0.2, 0) is 11.2 Å². The number of hydrogen-bond donors (Lipinski definition) is 1. The number of thiazole rings is 1. The molecule has 0 spiro atoms. The molecule has 1 aromatic rings. The molecule has 0 saturated carbocycles. The van der Waals surface area contributed by atoms with E-state index < -0.39 is 0 Å². The zero-order valence-electron chi connectivity index (χ0n) is 8.61. The number of hydrogen-bond acceptors (Lipinski definition) is 4. The van der Waals surface area contributed by atoms with Crippen molar-refractivity contribution in [2.24, 2.45) is 0 Å². The lowest BCUT2D eigenvalue weighted by Gasteiger charge is -2.14. The summed E-state index contributed by atoms with van der Waals surface area (Å²) in [6.45, 7) is 1.86. The van der Waals surface area contributed by atoms with Crippen LogP contribution in [0.4, 0.5) is 5.13 Å². The number of amides is 1. The molecule has 0 unspecified atom stereocenters. The van der Waals surface area contributed by atoms with Crippen LogP contribution in [0.15, 0.2) is 5.38 Å². The van der Waals surface area contributed by atoms with E-state index in [1.54, 1.807) is 0 Å². The summed E-state index contributed by atoms with van der Waals surface area (Å²) in [5.74, 6) is 0.249. The predicted octanol–water partition coefficient (Wildman–Crippen LogP) is 1.28. The highest BCUT2D eigenvalue weighted by molar-refractivity contribution is 7.13. The average Bonchev–Trinajstić information content (AvgIpc) is 2.84. The Morgan fingerprint density at radius 3 is 2.87 bits per heavy atom. The molecule has 1 amide bonds. The minimum Gasteiger partial charge on any atom is -0.375 e. The van der Waals surface area contributed by atoms with Crippen molar-refractivity contribution in [2.75, 3.05) is 18.8 Å². The summed E-state index contributed by atoms with van der Waals surface area (Å²) < 4.78 is 0. The number of nitrogens with two attached hydrogens (primary N) is 1. The molecule has 2 rings (SSSR count). The number of carbonyl (C=O) groups excluding carboxylic acids is 1. The quantitative estimate of drug-likeness (QED) is 0.843. The Hall–Kier alpha value is -1.10. The molecule has 82 valence electrons. The average molecular weight is 225 g/mol. The number of likely N-dealkylation sites (tertiary alicyclic amines) is 1. The van der Waals surface area contributed by atoms with Gasteiger partial charge in [-0.3, -0.25) is 4.79 Å². The Balaban J connectivity index is 1.80. The molecule has 0 aromatic carbocycles. The van der Waals surface area contributed by atoms with Gasteiger partial charge in [0, 0.05) is 24.9 Å². The van der Waals surface area contributed by atoms with Gasteiger partial charge in [-0.15, -0.1) is 11.3 Å². The highest BCUT2D eigenvalue weighted by Gasteiger charge is 2.17. The standard InChI is InChI=1S/C10H15N3OS/c11-10-12-8(7-15-10)3-4-9(14)13-5-1-2-6-13/h7H,1-6H2,(H2,11,12). The molecule has 2 heterocycles. The van der Waals surface area contributed by atoms with Gasteiger partial charge in [-0.25, -0.2) is 4.98 Å². The smallest absolute Gasteiger partial charge is 0.222 e. The maximum absolute atomic E-state index is 11.7. The van der Waals surface area contributed by atoms with Gasteiger partial charge in [0.2, 0.25) is 5.91 Å². The minimum atomic E-state index is 0.249. The van der Waals surface area contributed by atoms with Crippen LogP contribution < -0.4 is 5.73 Å². The lowest BCUT2D eigenvalue weighted by molar-refractivity contribution is -0.130. The third kappa shape index (κ3) is 2.68. The summed E-state index contributed by atoms with van der Waals surface area (Å²) in [6, 6.07) is 0. The van der Waals surface area contributed by atoms with Crippen molar-refractivity contribution >= 4 is 22.4 Å². The van der Waals surface area contributed by atoms with Crippen LogP contribution in [0, 0.1) is 0 Å². The van der Waals surface area contributed by atoms with E-state index in [0.29, 0.717) is 18.0 Å². The van der Waals surface area contributed by atoms with Gasteiger partial charge in [-0.2, -0.15) is 0 Å². The summed E-state index contributed by atoms with van der Waals surface area (Å²) in [5, 5.41) is 2.51. The fraction of sp³-hybridized carbons (Fsp3) is 0.600. The molecular weight excluding hydrogens is 210 g/mol. The van der Waals surface area contributed by atoms with Gasteiger partial charge in [0.15, 0.2) is 5.13 Å². The number of aryl methyl sites for hydroxylation is 1. The second kappa shape index (κ2) is 4.61. The van der Waals surface area contributed by atoms with Gasteiger partial charge >= 0.3 is 0 Å². The van der Waals surface area contributed by atoms with Crippen molar-refractivity contribution in [3.05, 3.63) is 11.1 Å². The lowest BCUT2D eigenvalue weighted by atomic mass is 10.2. The number of aromatic nitrogens is 1. The van der Waals surface area contributed by atoms with E-state index in [2.05, 4.69) is 4.98 Å². The van der Waals surface area contributed by atoms with Crippen molar-refractivity contribution in [2.45, 2.75) is 25.7 Å². The highest BCUT2D eigenvalue weighted by Crippen LogP contribution is 2.14. The van der Waals surface area contributed by atoms with E-state index in [0.717, 1.165) is 31.6 Å². The first-order chi connectivity index (χ1) is 7.25. The molecule has 0 aliphatic carbocycles. The number of rotatable bonds is 3. The van der Waals surface area contributed by atoms with Gasteiger partial charge < -0.3 is 10.6 Å². The monoisotopic (exact) mass is 225 g/mol. The topological polar surface area (TPSA) is 59.2 Å². The van der Waals surface area contributed by atoms with E-state index in [9.17, 15) is 4.79 Å². The molecule has 1 aliphatic rings. The van der Waals surface area contributed by atoms with Gasteiger partial charge in [-0.1, -0.05) is 0 Å². The molecule has 0 atom stereocenters. The van der Waals surface area contributed by atoms with Gasteiger partial charge in [0.1, 0.15) is 0 Å². The highest BCUT2D eigenvalue weighted by atomic mass is 32.1. The summed E-state index contributed by atoms with van der Waals surface area (Å²) in [6.07, 6.45) is 3.57. The van der Waals surface area contributed by atoms with Crippen molar-refractivity contribution in [1.82, 2.24) is 9.88 Å². The van der Waals surface area contributed by atoms with Crippen LogP contribution in [0.3, 0.4) is 0 Å². The zero-order valence-corrected chi connectivity index (χ0v) is 9.42. The molecule has 15 heavy (non-hydrogen) atoms. The molecule has 1 fully saturated rings. The van der Waals surface area contributed by atoms with Crippen LogP contribution in [0.1, 0.15) is 25.0 Å². The maximum atomic E-state index is 11.7. The molecule has 1 saturated heterocycles. The van der Waals surface area contributed by atoms with Crippen molar-refractivity contribution in [3.8, 4) is 0 Å². The lowest BCUT2D eigenvalue weighted by Crippen LogP contribution is -2.27. The van der Waals surface area contributed by atoms with E-state index in [-0.39, 0.29) is 5.91 Å². The normalized spacial score (nSPS) is 15.9. The maximum Gasteiger partial charge on any atom is 0.222 e. The van der Waals surface area contributed by atoms with Crippen LogP contribution in [-0.4, -0.2) is 28.9 Å². The van der Waals surface area contributed by atoms with E-state index in [1.165, 1.54) is 11.3 Å². The molecule has 4 nitrogen and oxygen atoms in total. The summed E-state index contributed by atoms with van der Waals surface area (Å²) in [4.78, 5) is 17.8. The summed E-state index contributed by atoms with van der Waals surface area (Å²) in [5.41, 5.74) is 6.45. The van der Waals surface area contributed by atoms with Crippen molar-refractivity contribution in [1.29, 1.82) is 0 Å². The van der Waals surface area contributed by atoms with Crippen LogP contribution in [0.2, 0.25) is 0 Å². The Morgan fingerprint density at radius 2 is 2.27 bits per heavy atom. The molecule has 0 radical (unpaired) electrons. The number of carbonyl (C=O) groups is 1. The summed E-state index contributed by atoms with van der Waals surface area (Å²) in [7, 11) is 0. The van der Waals surface area contributed by atoms with Crippen LogP contribution in [0.5, 0.6) is 0 Å². The molecule has 1 aliphatic heterocycles. The second-order valence-electron chi connectivity index (χ2n) is 3.76. The Morgan fingerprint density at radius 1 is 1.53 bits per heavy atom. The van der Waals surface area contributed by atoms with Gasteiger partial charge in [-0.05, 0) is 19.3 Å². The first kappa shape index (κ1) is 10.4. The van der Waals surface area contributed by atoms with Gasteiger partial charge in [0.05, 0.1) is 5.69 Å². The SMILES string of the molecule is Nc1nc(CCC(=O)N2CCCC2)cs1.